The maximum absolute atomic E-state index is 11.1. The van der Waals surface area contributed by atoms with E-state index in [9.17, 15) is 4.79 Å². The minimum atomic E-state index is -0.444. The SMILES string of the molecule is CC(C)C(=O)C1NC=CO1. The fraction of sp³-hybridized carbons (Fsp3) is 0.571. The lowest BCUT2D eigenvalue weighted by molar-refractivity contribution is -0.130. The van der Waals surface area contributed by atoms with Crippen molar-refractivity contribution in [2.24, 2.45) is 5.92 Å². The van der Waals surface area contributed by atoms with Crippen molar-refractivity contribution in [1.82, 2.24) is 5.32 Å². The van der Waals surface area contributed by atoms with Crippen molar-refractivity contribution in [3.63, 3.8) is 0 Å². The molecule has 1 rings (SSSR count). The maximum atomic E-state index is 11.1. The smallest absolute Gasteiger partial charge is 0.228 e. The number of nitrogens with one attached hydrogen (secondary N) is 1. The molecule has 0 aromatic carbocycles. The van der Waals surface area contributed by atoms with Gasteiger partial charge in [-0.25, -0.2) is 0 Å². The van der Waals surface area contributed by atoms with E-state index in [1.54, 1.807) is 6.20 Å². The van der Waals surface area contributed by atoms with Gasteiger partial charge in [0.1, 0.15) is 6.26 Å². The first-order valence-corrected chi connectivity index (χ1v) is 3.32. The monoisotopic (exact) mass is 141 g/mol. The normalized spacial score (nSPS) is 22.5. The zero-order valence-electron chi connectivity index (χ0n) is 6.13. The van der Waals surface area contributed by atoms with Crippen molar-refractivity contribution >= 4 is 5.78 Å². The van der Waals surface area contributed by atoms with Crippen LogP contribution in [0.1, 0.15) is 13.8 Å². The Balaban J connectivity index is 2.43. The van der Waals surface area contributed by atoms with Gasteiger partial charge >= 0.3 is 0 Å². The van der Waals surface area contributed by atoms with Crippen molar-refractivity contribution in [1.29, 1.82) is 0 Å². The molecule has 0 aromatic rings. The van der Waals surface area contributed by atoms with Gasteiger partial charge in [-0.3, -0.25) is 4.79 Å². The summed E-state index contributed by atoms with van der Waals surface area (Å²) in [7, 11) is 0. The van der Waals surface area contributed by atoms with Crippen LogP contribution in [0.4, 0.5) is 0 Å². The van der Waals surface area contributed by atoms with Crippen LogP contribution in [0, 0.1) is 5.92 Å². The molecule has 56 valence electrons. The van der Waals surface area contributed by atoms with Crippen LogP contribution >= 0.6 is 0 Å². The summed E-state index contributed by atoms with van der Waals surface area (Å²) in [6.45, 7) is 3.71. The van der Waals surface area contributed by atoms with Crippen molar-refractivity contribution in [2.45, 2.75) is 20.1 Å². The number of ketones is 1. The molecule has 0 fully saturated rings. The Morgan fingerprint density at radius 2 is 2.40 bits per heavy atom. The summed E-state index contributed by atoms with van der Waals surface area (Å²) in [6.07, 6.45) is 2.68. The first-order valence-electron chi connectivity index (χ1n) is 3.32. The molecule has 0 aliphatic carbocycles. The number of rotatable bonds is 2. The lowest BCUT2D eigenvalue weighted by Crippen LogP contribution is -2.34. The zero-order valence-corrected chi connectivity index (χ0v) is 6.13. The standard InChI is InChI=1S/C7H11NO2/c1-5(2)6(9)7-8-3-4-10-7/h3-5,7-8H,1-2H3. The van der Waals surface area contributed by atoms with E-state index in [4.69, 9.17) is 4.74 Å². The van der Waals surface area contributed by atoms with E-state index in [1.807, 2.05) is 13.8 Å². The lowest BCUT2D eigenvalue weighted by atomic mass is 10.1. The Kier molecular flexibility index (Phi) is 1.94. The van der Waals surface area contributed by atoms with Gasteiger partial charge in [0.25, 0.3) is 0 Å². The molecule has 1 heterocycles. The van der Waals surface area contributed by atoms with Gasteiger partial charge in [-0.05, 0) is 0 Å². The van der Waals surface area contributed by atoms with E-state index in [2.05, 4.69) is 5.32 Å². The Bertz CT molecular complexity index is 155. The van der Waals surface area contributed by atoms with Crippen LogP contribution in [-0.4, -0.2) is 12.0 Å². The van der Waals surface area contributed by atoms with Gasteiger partial charge in [0.2, 0.25) is 6.23 Å². The van der Waals surface area contributed by atoms with Crippen molar-refractivity contribution in [3.05, 3.63) is 12.5 Å². The van der Waals surface area contributed by atoms with Crippen LogP contribution < -0.4 is 5.32 Å². The summed E-state index contributed by atoms with van der Waals surface area (Å²) in [5.74, 6) is 0.113. The molecule has 0 radical (unpaired) electrons. The number of hydrogen-bond donors (Lipinski definition) is 1. The highest BCUT2D eigenvalue weighted by Crippen LogP contribution is 2.04. The summed E-state index contributed by atoms with van der Waals surface area (Å²) < 4.78 is 4.93. The second-order valence-corrected chi connectivity index (χ2v) is 2.54. The van der Waals surface area contributed by atoms with Gasteiger partial charge in [0.15, 0.2) is 5.78 Å². The Morgan fingerprint density at radius 1 is 1.70 bits per heavy atom. The molecule has 1 N–H and O–H groups in total. The molecule has 1 aliphatic rings. The molecule has 3 heteroatoms. The Labute approximate surface area is 60.1 Å². The molecule has 3 nitrogen and oxygen atoms in total. The molecule has 0 bridgehead atoms. The third-order valence-electron chi connectivity index (χ3n) is 1.36. The van der Waals surface area contributed by atoms with Gasteiger partial charge in [0.05, 0.1) is 0 Å². The van der Waals surface area contributed by atoms with Gasteiger partial charge in [0, 0.05) is 12.1 Å². The fourth-order valence-electron chi connectivity index (χ4n) is 0.736. The average Bonchev–Trinajstić information content (AvgIpc) is 2.36. The number of carbonyl (C=O) groups excluding carboxylic acids is 1. The number of Topliss-reactive ketones (excluding diaryl/α,β-unsaturated/α-hetero) is 1. The maximum Gasteiger partial charge on any atom is 0.228 e. The minimum Gasteiger partial charge on any atom is -0.469 e. The predicted molar refractivity (Wildman–Crippen MR) is 37.0 cm³/mol. The molecular formula is C7H11NO2. The van der Waals surface area contributed by atoms with E-state index >= 15 is 0 Å². The van der Waals surface area contributed by atoms with Gasteiger partial charge in [-0.2, -0.15) is 0 Å². The highest BCUT2D eigenvalue weighted by atomic mass is 16.5. The second kappa shape index (κ2) is 2.73. The summed E-state index contributed by atoms with van der Waals surface area (Å²) in [5, 5.41) is 2.79. The van der Waals surface area contributed by atoms with Crippen LogP contribution in [-0.2, 0) is 9.53 Å². The molecule has 0 amide bonds. The first kappa shape index (κ1) is 7.12. The summed E-state index contributed by atoms with van der Waals surface area (Å²) in [4.78, 5) is 11.1. The summed E-state index contributed by atoms with van der Waals surface area (Å²) >= 11 is 0. The number of ether oxygens (including phenoxy) is 1. The molecule has 1 atom stereocenters. The van der Waals surface area contributed by atoms with E-state index in [-0.39, 0.29) is 11.7 Å². The van der Waals surface area contributed by atoms with E-state index in [0.717, 1.165) is 0 Å². The van der Waals surface area contributed by atoms with Crippen molar-refractivity contribution in [2.75, 3.05) is 0 Å². The molecule has 0 saturated carbocycles. The molecular weight excluding hydrogens is 130 g/mol. The number of carbonyl (C=O) groups is 1. The zero-order chi connectivity index (χ0) is 7.56. The van der Waals surface area contributed by atoms with E-state index in [0.29, 0.717) is 0 Å². The van der Waals surface area contributed by atoms with E-state index < -0.39 is 6.23 Å². The van der Waals surface area contributed by atoms with Gasteiger partial charge < -0.3 is 10.1 Å². The minimum absolute atomic E-state index is 0.0254. The molecule has 0 aromatic heterocycles. The van der Waals surface area contributed by atoms with Crippen LogP contribution in [0.15, 0.2) is 12.5 Å². The number of hydrogen-bond acceptors (Lipinski definition) is 3. The third kappa shape index (κ3) is 1.29. The van der Waals surface area contributed by atoms with E-state index in [1.165, 1.54) is 6.26 Å². The topological polar surface area (TPSA) is 38.3 Å². The molecule has 10 heavy (non-hydrogen) atoms. The fourth-order valence-corrected chi connectivity index (χ4v) is 0.736. The summed E-state index contributed by atoms with van der Waals surface area (Å²) in [6, 6.07) is 0. The predicted octanol–water partition coefficient (Wildman–Crippen LogP) is 0.629. The molecule has 0 spiro atoms. The van der Waals surface area contributed by atoms with Gasteiger partial charge in [-0.15, -0.1) is 0 Å². The van der Waals surface area contributed by atoms with Crippen LogP contribution in [0.5, 0.6) is 0 Å². The third-order valence-corrected chi connectivity index (χ3v) is 1.36. The first-order chi connectivity index (χ1) is 4.72. The average molecular weight is 141 g/mol. The second-order valence-electron chi connectivity index (χ2n) is 2.54. The van der Waals surface area contributed by atoms with Crippen LogP contribution in [0.3, 0.4) is 0 Å². The highest BCUT2D eigenvalue weighted by Gasteiger charge is 2.22. The van der Waals surface area contributed by atoms with Crippen LogP contribution in [0.2, 0.25) is 0 Å². The van der Waals surface area contributed by atoms with Crippen molar-refractivity contribution < 1.29 is 9.53 Å². The quantitative estimate of drug-likeness (QED) is 0.613. The Morgan fingerprint density at radius 3 is 2.80 bits per heavy atom. The Hall–Kier alpha value is -0.990. The summed E-state index contributed by atoms with van der Waals surface area (Å²) in [5.41, 5.74) is 0. The van der Waals surface area contributed by atoms with Crippen molar-refractivity contribution in [3.8, 4) is 0 Å². The molecule has 1 unspecified atom stereocenters. The lowest BCUT2D eigenvalue weighted by Gasteiger charge is -2.11. The largest absolute Gasteiger partial charge is 0.469 e. The van der Waals surface area contributed by atoms with Gasteiger partial charge in [-0.1, -0.05) is 13.8 Å². The highest BCUT2D eigenvalue weighted by molar-refractivity contribution is 5.84. The molecule has 1 aliphatic heterocycles. The molecule has 0 saturated heterocycles. The van der Waals surface area contributed by atoms with Crippen LogP contribution in [0.25, 0.3) is 0 Å².